The molecule has 0 radical (unpaired) electrons. The molecule has 5 heteroatoms. The number of hydrogen-bond donors (Lipinski definition) is 2. The fraction of sp³-hybridized carbons (Fsp3) is 0.429. The number of aromatic nitrogens is 2. The number of aryl methyl sites for hydroxylation is 1. The van der Waals surface area contributed by atoms with Crippen LogP contribution in [0.1, 0.15) is 30.3 Å². The molecule has 0 fully saturated rings. The molecule has 0 spiro atoms. The molecule has 0 saturated heterocycles. The Morgan fingerprint density at radius 2 is 2.37 bits per heavy atom. The van der Waals surface area contributed by atoms with Crippen molar-refractivity contribution < 1.29 is 0 Å². The molecule has 100 valence electrons. The van der Waals surface area contributed by atoms with Gasteiger partial charge in [0.25, 0.3) is 0 Å². The summed E-state index contributed by atoms with van der Waals surface area (Å²) in [6.45, 7) is 4.15. The fourth-order valence-electron chi connectivity index (χ4n) is 2.39. The van der Waals surface area contributed by atoms with Crippen LogP contribution >= 0.6 is 11.5 Å². The Kier molecular flexibility index (Phi) is 3.75. The van der Waals surface area contributed by atoms with E-state index in [0.29, 0.717) is 0 Å². The summed E-state index contributed by atoms with van der Waals surface area (Å²) in [6.07, 6.45) is 3.11. The smallest absolute Gasteiger partial charge is 0.207 e. The van der Waals surface area contributed by atoms with Crippen LogP contribution in [0.2, 0.25) is 0 Å². The molecule has 2 N–H and O–H groups in total. The lowest BCUT2D eigenvalue weighted by molar-refractivity contribution is 0.645. The third-order valence-corrected chi connectivity index (χ3v) is 3.99. The Bertz CT molecular complexity index is 564. The molecule has 2 heterocycles. The highest BCUT2D eigenvalue weighted by Gasteiger charge is 2.13. The predicted molar refractivity (Wildman–Crippen MR) is 79.0 cm³/mol. The number of rotatable bonds is 4. The average molecular weight is 274 g/mol. The minimum Gasteiger partial charge on any atom is -0.330 e. The van der Waals surface area contributed by atoms with E-state index in [0.717, 1.165) is 43.3 Å². The normalized spacial score (nSPS) is 14.2. The second kappa shape index (κ2) is 5.67. The van der Waals surface area contributed by atoms with Crippen molar-refractivity contribution in [2.45, 2.75) is 32.7 Å². The van der Waals surface area contributed by atoms with Crippen LogP contribution in [-0.4, -0.2) is 15.9 Å². The lowest BCUT2D eigenvalue weighted by Gasteiger charge is -2.20. The van der Waals surface area contributed by atoms with Crippen molar-refractivity contribution >= 4 is 22.4 Å². The molecule has 0 bridgehead atoms. The fourth-order valence-corrected chi connectivity index (χ4v) is 3.02. The maximum Gasteiger partial charge on any atom is 0.207 e. The van der Waals surface area contributed by atoms with Gasteiger partial charge in [0.15, 0.2) is 0 Å². The van der Waals surface area contributed by atoms with Crippen LogP contribution in [0.25, 0.3) is 0 Å². The summed E-state index contributed by atoms with van der Waals surface area (Å²) in [5.74, 6) is 0.946. The van der Waals surface area contributed by atoms with Gasteiger partial charge < -0.3 is 10.6 Å². The summed E-state index contributed by atoms with van der Waals surface area (Å²) in [7, 11) is 0. The van der Waals surface area contributed by atoms with E-state index in [4.69, 9.17) is 0 Å². The number of hydrogen-bond acceptors (Lipinski definition) is 5. The molecular formula is C14H18N4S. The number of nitrogens with one attached hydrogen (secondary N) is 2. The van der Waals surface area contributed by atoms with Crippen LogP contribution in [0.3, 0.4) is 0 Å². The van der Waals surface area contributed by atoms with E-state index >= 15 is 0 Å². The first-order valence-corrected chi connectivity index (χ1v) is 7.55. The van der Waals surface area contributed by atoms with Gasteiger partial charge in [-0.1, -0.05) is 19.1 Å². The molecule has 0 amide bonds. The maximum absolute atomic E-state index is 4.52. The third-order valence-electron chi connectivity index (χ3n) is 3.32. The zero-order valence-electron chi connectivity index (χ0n) is 11.1. The highest BCUT2D eigenvalue weighted by molar-refractivity contribution is 7.09. The molecule has 2 aromatic rings. The van der Waals surface area contributed by atoms with Crippen LogP contribution in [0.5, 0.6) is 0 Å². The molecule has 0 atom stereocenters. The number of anilines is 2. The van der Waals surface area contributed by atoms with E-state index in [9.17, 15) is 0 Å². The number of benzene rings is 1. The first-order chi connectivity index (χ1) is 9.36. The van der Waals surface area contributed by atoms with Crippen molar-refractivity contribution in [1.82, 2.24) is 14.7 Å². The summed E-state index contributed by atoms with van der Waals surface area (Å²) in [4.78, 5) is 4.52. The molecule has 4 nitrogen and oxygen atoms in total. The van der Waals surface area contributed by atoms with Crippen molar-refractivity contribution in [2.24, 2.45) is 0 Å². The average Bonchev–Trinajstić information content (AvgIpc) is 2.87. The highest BCUT2D eigenvalue weighted by atomic mass is 32.1. The molecule has 1 aliphatic rings. The Morgan fingerprint density at radius 3 is 3.26 bits per heavy atom. The standard InChI is InChI=1S/C14H18N4S/c1-2-4-13-17-14(19-18-13)16-12-6-3-5-10-9-15-8-7-11(10)12/h3,5-6,15H,2,4,7-9H2,1H3,(H,16,17,18). The van der Waals surface area contributed by atoms with Crippen molar-refractivity contribution in [3.8, 4) is 0 Å². The van der Waals surface area contributed by atoms with Crippen molar-refractivity contribution in [3.05, 3.63) is 35.2 Å². The van der Waals surface area contributed by atoms with Crippen LogP contribution in [0, 0.1) is 0 Å². The minimum absolute atomic E-state index is 0.899. The van der Waals surface area contributed by atoms with Gasteiger partial charge in [0.1, 0.15) is 5.82 Å². The van der Waals surface area contributed by atoms with Crippen LogP contribution in [0.15, 0.2) is 18.2 Å². The Hall–Kier alpha value is -1.46. The second-order valence-electron chi connectivity index (χ2n) is 4.76. The van der Waals surface area contributed by atoms with E-state index in [1.54, 1.807) is 0 Å². The topological polar surface area (TPSA) is 49.8 Å². The molecule has 1 aromatic carbocycles. The number of nitrogens with zero attached hydrogens (tertiary/aromatic N) is 2. The summed E-state index contributed by atoms with van der Waals surface area (Å²) in [5.41, 5.74) is 3.97. The molecule has 1 aromatic heterocycles. The highest BCUT2D eigenvalue weighted by Crippen LogP contribution is 2.27. The minimum atomic E-state index is 0.899. The van der Waals surface area contributed by atoms with Gasteiger partial charge in [-0.15, -0.1) is 0 Å². The van der Waals surface area contributed by atoms with E-state index < -0.39 is 0 Å². The zero-order chi connectivity index (χ0) is 13.1. The van der Waals surface area contributed by atoms with E-state index in [1.807, 2.05) is 0 Å². The molecule has 3 rings (SSSR count). The number of fused-ring (bicyclic) bond motifs is 1. The zero-order valence-corrected chi connectivity index (χ0v) is 11.9. The molecule has 19 heavy (non-hydrogen) atoms. The van der Waals surface area contributed by atoms with Gasteiger partial charge >= 0.3 is 0 Å². The predicted octanol–water partition coefficient (Wildman–Crippen LogP) is 2.88. The quantitative estimate of drug-likeness (QED) is 0.900. The third kappa shape index (κ3) is 2.77. The lowest BCUT2D eigenvalue weighted by atomic mass is 9.99. The van der Waals surface area contributed by atoms with Gasteiger partial charge in [0.2, 0.25) is 5.13 Å². The van der Waals surface area contributed by atoms with E-state index in [1.165, 1.54) is 28.3 Å². The van der Waals surface area contributed by atoms with E-state index in [-0.39, 0.29) is 0 Å². The summed E-state index contributed by atoms with van der Waals surface area (Å²) >= 11 is 1.45. The molecule has 0 aliphatic carbocycles. The monoisotopic (exact) mass is 274 g/mol. The summed E-state index contributed by atoms with van der Waals surface area (Å²) in [5, 5.41) is 7.73. The van der Waals surface area contributed by atoms with Gasteiger partial charge in [0.05, 0.1) is 0 Å². The van der Waals surface area contributed by atoms with Crippen LogP contribution in [-0.2, 0) is 19.4 Å². The summed E-state index contributed by atoms with van der Waals surface area (Å²) < 4.78 is 4.37. The van der Waals surface area contributed by atoms with E-state index in [2.05, 4.69) is 45.1 Å². The van der Waals surface area contributed by atoms with Gasteiger partial charge in [-0.2, -0.15) is 4.37 Å². The SMILES string of the molecule is CCCc1nsc(Nc2cccc3c2CCNC3)n1. The van der Waals surface area contributed by atoms with Gasteiger partial charge in [-0.3, -0.25) is 0 Å². The largest absolute Gasteiger partial charge is 0.330 e. The molecule has 0 unspecified atom stereocenters. The Balaban J connectivity index is 1.82. The molecular weight excluding hydrogens is 256 g/mol. The summed E-state index contributed by atoms with van der Waals surface area (Å²) in [6, 6.07) is 6.42. The lowest BCUT2D eigenvalue weighted by Crippen LogP contribution is -2.24. The van der Waals surface area contributed by atoms with Crippen molar-refractivity contribution in [3.63, 3.8) is 0 Å². The van der Waals surface area contributed by atoms with Crippen LogP contribution < -0.4 is 10.6 Å². The first kappa shape index (κ1) is 12.6. The van der Waals surface area contributed by atoms with Gasteiger partial charge in [-0.05, 0) is 36.6 Å². The second-order valence-corrected chi connectivity index (χ2v) is 5.51. The Labute approximate surface area is 117 Å². The van der Waals surface area contributed by atoms with Crippen molar-refractivity contribution in [1.29, 1.82) is 0 Å². The van der Waals surface area contributed by atoms with Gasteiger partial charge in [-0.25, -0.2) is 4.98 Å². The van der Waals surface area contributed by atoms with Gasteiger partial charge in [0, 0.05) is 30.2 Å². The molecule has 0 saturated carbocycles. The van der Waals surface area contributed by atoms with Crippen LogP contribution in [0.4, 0.5) is 10.8 Å². The first-order valence-electron chi connectivity index (χ1n) is 6.78. The molecule has 1 aliphatic heterocycles. The Morgan fingerprint density at radius 1 is 1.42 bits per heavy atom. The maximum atomic E-state index is 4.52. The van der Waals surface area contributed by atoms with Crippen molar-refractivity contribution in [2.75, 3.05) is 11.9 Å².